The number of piperidine rings is 1. The van der Waals surface area contributed by atoms with Gasteiger partial charge in [0.2, 0.25) is 11.8 Å². The monoisotopic (exact) mass is 355 g/mol. The van der Waals surface area contributed by atoms with Crippen molar-refractivity contribution in [3.8, 4) is 0 Å². The quantitative estimate of drug-likeness (QED) is 0.764. The summed E-state index contributed by atoms with van der Waals surface area (Å²) >= 11 is 0. The fourth-order valence-electron chi connectivity index (χ4n) is 3.49. The molecule has 1 saturated carbocycles. The number of nitrogens with zero attached hydrogens (tertiary/aromatic N) is 3. The van der Waals surface area contributed by atoms with E-state index in [1.807, 2.05) is 35.2 Å². The van der Waals surface area contributed by atoms with Crippen molar-refractivity contribution in [3.63, 3.8) is 0 Å². The minimum absolute atomic E-state index is 0.0647. The Labute approximate surface area is 153 Å². The van der Waals surface area contributed by atoms with Gasteiger partial charge in [-0.15, -0.1) is 0 Å². The number of carbonyl (C=O) groups is 1. The largest absolute Gasteiger partial charge is 0.367 e. The van der Waals surface area contributed by atoms with Gasteiger partial charge in [0.1, 0.15) is 6.61 Å². The van der Waals surface area contributed by atoms with Crippen LogP contribution in [0.2, 0.25) is 0 Å². The molecular formula is C20H25N3O3. The number of rotatable bonds is 7. The number of aromatic nitrogens is 2. The standard InChI is InChI=1S/C20H25N3O3/c24-19(14-25-13-15-5-2-1-3-6-15)23-10-4-7-16(12-23)11-18-21-20(22-26-18)17-8-9-17/h1-3,5-6,16-17H,4,7-14H2/t16-/m0/s1. The Morgan fingerprint density at radius 3 is 2.88 bits per heavy atom. The van der Waals surface area contributed by atoms with E-state index < -0.39 is 0 Å². The molecule has 2 fully saturated rings. The molecule has 2 heterocycles. The maximum atomic E-state index is 12.4. The normalized spacial score (nSPS) is 20.3. The van der Waals surface area contributed by atoms with Crippen molar-refractivity contribution in [1.29, 1.82) is 0 Å². The molecule has 0 spiro atoms. The van der Waals surface area contributed by atoms with Gasteiger partial charge in [0.05, 0.1) is 6.61 Å². The number of ether oxygens (including phenoxy) is 1. The highest BCUT2D eigenvalue weighted by Crippen LogP contribution is 2.38. The molecule has 1 aliphatic heterocycles. The maximum absolute atomic E-state index is 12.4. The van der Waals surface area contributed by atoms with E-state index in [4.69, 9.17) is 9.26 Å². The summed E-state index contributed by atoms with van der Waals surface area (Å²) in [6.45, 7) is 2.15. The highest BCUT2D eigenvalue weighted by Gasteiger charge is 2.30. The van der Waals surface area contributed by atoms with Crippen molar-refractivity contribution in [3.05, 3.63) is 47.6 Å². The van der Waals surface area contributed by atoms with Crippen molar-refractivity contribution in [2.75, 3.05) is 19.7 Å². The first-order valence-corrected chi connectivity index (χ1v) is 9.50. The van der Waals surface area contributed by atoms with E-state index in [9.17, 15) is 4.79 Å². The lowest BCUT2D eigenvalue weighted by molar-refractivity contribution is -0.138. The van der Waals surface area contributed by atoms with Crippen LogP contribution in [0, 0.1) is 5.92 Å². The minimum Gasteiger partial charge on any atom is -0.367 e. The third-order valence-corrected chi connectivity index (χ3v) is 5.10. The fraction of sp³-hybridized carbons (Fsp3) is 0.550. The van der Waals surface area contributed by atoms with Crippen molar-refractivity contribution in [1.82, 2.24) is 15.0 Å². The average Bonchev–Trinajstić information content (AvgIpc) is 3.42. The van der Waals surface area contributed by atoms with Gasteiger partial charge in [-0.2, -0.15) is 4.98 Å². The first kappa shape index (κ1) is 17.2. The lowest BCUT2D eigenvalue weighted by Crippen LogP contribution is -2.42. The molecule has 6 nitrogen and oxygen atoms in total. The molecule has 2 aliphatic rings. The van der Waals surface area contributed by atoms with Crippen LogP contribution < -0.4 is 0 Å². The second-order valence-electron chi connectivity index (χ2n) is 7.35. The molecule has 1 amide bonds. The van der Waals surface area contributed by atoms with Crippen LogP contribution in [0.5, 0.6) is 0 Å². The predicted octanol–water partition coefficient (Wildman–Crippen LogP) is 2.94. The van der Waals surface area contributed by atoms with Crippen molar-refractivity contribution >= 4 is 5.91 Å². The van der Waals surface area contributed by atoms with E-state index >= 15 is 0 Å². The molecule has 6 heteroatoms. The number of carbonyl (C=O) groups excluding carboxylic acids is 1. The Bertz CT molecular complexity index is 727. The van der Waals surface area contributed by atoms with Crippen LogP contribution in [0.3, 0.4) is 0 Å². The molecule has 1 aromatic heterocycles. The summed E-state index contributed by atoms with van der Waals surface area (Å²) in [5, 5.41) is 4.08. The molecule has 0 radical (unpaired) electrons. The van der Waals surface area contributed by atoms with Crippen LogP contribution in [0.4, 0.5) is 0 Å². The van der Waals surface area contributed by atoms with E-state index in [1.54, 1.807) is 0 Å². The Kier molecular flexibility index (Phi) is 5.29. The number of benzene rings is 1. The number of hydrogen-bond donors (Lipinski definition) is 0. The maximum Gasteiger partial charge on any atom is 0.248 e. The Morgan fingerprint density at radius 2 is 2.08 bits per heavy atom. The second kappa shape index (κ2) is 7.99. The average molecular weight is 355 g/mol. The van der Waals surface area contributed by atoms with Gasteiger partial charge in [-0.25, -0.2) is 0 Å². The molecule has 0 N–H and O–H groups in total. The number of amides is 1. The van der Waals surface area contributed by atoms with Gasteiger partial charge >= 0.3 is 0 Å². The molecular weight excluding hydrogens is 330 g/mol. The molecule has 1 atom stereocenters. The van der Waals surface area contributed by atoms with E-state index in [2.05, 4.69) is 10.1 Å². The topological polar surface area (TPSA) is 68.5 Å². The van der Waals surface area contributed by atoms with Crippen molar-refractivity contribution in [2.45, 2.75) is 44.6 Å². The molecule has 138 valence electrons. The summed E-state index contributed by atoms with van der Waals surface area (Å²) in [5.74, 6) is 2.53. The van der Waals surface area contributed by atoms with Gasteiger partial charge in [0, 0.05) is 25.4 Å². The van der Waals surface area contributed by atoms with Gasteiger partial charge in [-0.3, -0.25) is 4.79 Å². The summed E-state index contributed by atoms with van der Waals surface area (Å²) in [5.41, 5.74) is 1.08. The zero-order valence-electron chi connectivity index (χ0n) is 15.0. The highest BCUT2D eigenvalue weighted by molar-refractivity contribution is 5.77. The summed E-state index contributed by atoms with van der Waals surface area (Å²) < 4.78 is 11.0. The smallest absolute Gasteiger partial charge is 0.248 e. The number of hydrogen-bond acceptors (Lipinski definition) is 5. The summed E-state index contributed by atoms with van der Waals surface area (Å²) in [6, 6.07) is 9.92. The Balaban J connectivity index is 1.23. The molecule has 26 heavy (non-hydrogen) atoms. The second-order valence-corrected chi connectivity index (χ2v) is 7.35. The Hall–Kier alpha value is -2.21. The van der Waals surface area contributed by atoms with E-state index in [-0.39, 0.29) is 12.5 Å². The molecule has 2 aromatic rings. The lowest BCUT2D eigenvalue weighted by Gasteiger charge is -2.32. The van der Waals surface area contributed by atoms with Crippen molar-refractivity contribution < 1.29 is 14.1 Å². The van der Waals surface area contributed by atoms with Crippen LogP contribution in [0.25, 0.3) is 0 Å². The molecule has 1 aliphatic carbocycles. The SMILES string of the molecule is O=C(COCc1ccccc1)N1CCC[C@@H](Cc2nc(C3CC3)no2)C1. The van der Waals surface area contributed by atoms with Crippen molar-refractivity contribution in [2.24, 2.45) is 5.92 Å². The molecule has 0 unspecified atom stereocenters. The van der Waals surface area contributed by atoms with Crippen LogP contribution in [0.15, 0.2) is 34.9 Å². The van der Waals surface area contributed by atoms with Crippen LogP contribution in [-0.2, 0) is 22.6 Å². The van der Waals surface area contributed by atoms with Crippen LogP contribution in [-0.4, -0.2) is 40.6 Å². The molecule has 1 aromatic carbocycles. The fourth-order valence-corrected chi connectivity index (χ4v) is 3.49. The third-order valence-electron chi connectivity index (χ3n) is 5.10. The zero-order valence-corrected chi connectivity index (χ0v) is 15.0. The Morgan fingerprint density at radius 1 is 1.23 bits per heavy atom. The van der Waals surface area contributed by atoms with E-state index in [1.165, 1.54) is 12.8 Å². The third kappa shape index (κ3) is 4.49. The van der Waals surface area contributed by atoms with Gasteiger partial charge in [0.25, 0.3) is 0 Å². The van der Waals surface area contributed by atoms with E-state index in [0.29, 0.717) is 24.3 Å². The van der Waals surface area contributed by atoms with Gasteiger partial charge < -0.3 is 14.2 Å². The summed E-state index contributed by atoms with van der Waals surface area (Å²) in [4.78, 5) is 18.9. The van der Waals surface area contributed by atoms with Crippen LogP contribution >= 0.6 is 0 Å². The van der Waals surface area contributed by atoms with Gasteiger partial charge in [-0.05, 0) is 37.2 Å². The molecule has 4 rings (SSSR count). The van der Waals surface area contributed by atoms with Crippen LogP contribution in [0.1, 0.15) is 48.9 Å². The van der Waals surface area contributed by atoms with E-state index in [0.717, 1.165) is 43.7 Å². The summed E-state index contributed by atoms with van der Waals surface area (Å²) in [7, 11) is 0. The number of likely N-dealkylation sites (tertiary alicyclic amines) is 1. The minimum atomic E-state index is 0.0647. The predicted molar refractivity (Wildman–Crippen MR) is 95.4 cm³/mol. The molecule has 1 saturated heterocycles. The molecule has 0 bridgehead atoms. The van der Waals surface area contributed by atoms with Gasteiger partial charge in [0.15, 0.2) is 5.82 Å². The van der Waals surface area contributed by atoms with Gasteiger partial charge in [-0.1, -0.05) is 35.5 Å². The highest BCUT2D eigenvalue weighted by atomic mass is 16.5. The first-order valence-electron chi connectivity index (χ1n) is 9.50. The lowest BCUT2D eigenvalue weighted by atomic mass is 9.95. The first-order chi connectivity index (χ1) is 12.8. The zero-order chi connectivity index (χ0) is 17.8. The summed E-state index contributed by atoms with van der Waals surface area (Å²) in [6.07, 6.45) is 5.21.